The molecule has 3 aromatic rings. The van der Waals surface area contributed by atoms with Crippen LogP contribution < -0.4 is 4.74 Å². The third-order valence-electron chi connectivity index (χ3n) is 5.33. The highest BCUT2D eigenvalue weighted by Gasteiger charge is 2.43. The van der Waals surface area contributed by atoms with Crippen LogP contribution in [0.25, 0.3) is 0 Å². The molecule has 6 nitrogen and oxygen atoms in total. The molecule has 0 aliphatic carbocycles. The van der Waals surface area contributed by atoms with Gasteiger partial charge in [-0.25, -0.2) is 5.01 Å². The van der Waals surface area contributed by atoms with Crippen LogP contribution in [0.5, 0.6) is 5.75 Å². The van der Waals surface area contributed by atoms with Crippen molar-refractivity contribution in [2.24, 2.45) is 5.10 Å². The van der Waals surface area contributed by atoms with Gasteiger partial charge < -0.3 is 4.74 Å². The Morgan fingerprint density at radius 1 is 1.10 bits per heavy atom. The van der Waals surface area contributed by atoms with Crippen molar-refractivity contribution in [3.8, 4) is 5.75 Å². The van der Waals surface area contributed by atoms with Gasteiger partial charge in [-0.1, -0.05) is 51.8 Å². The van der Waals surface area contributed by atoms with Crippen molar-refractivity contribution >= 4 is 38.9 Å². The predicted molar refractivity (Wildman–Crippen MR) is 118 cm³/mol. The van der Waals surface area contributed by atoms with Crippen molar-refractivity contribution in [3.63, 3.8) is 0 Å². The van der Waals surface area contributed by atoms with Crippen LogP contribution >= 0.6 is 27.5 Å². The lowest BCUT2D eigenvalue weighted by Gasteiger charge is -2.38. The Morgan fingerprint density at radius 3 is 2.63 bits per heavy atom. The second-order valence-corrected chi connectivity index (χ2v) is 8.47. The predicted octanol–water partition coefficient (Wildman–Crippen LogP) is 6.25. The molecule has 0 saturated heterocycles. The van der Waals surface area contributed by atoms with Crippen LogP contribution in [0.15, 0.2) is 76.3 Å². The Morgan fingerprint density at radius 2 is 1.87 bits per heavy atom. The Kier molecular flexibility index (Phi) is 4.72. The first-order valence-electron chi connectivity index (χ1n) is 9.32. The summed E-state index contributed by atoms with van der Waals surface area (Å²) in [6, 6.07) is 19.9. The van der Waals surface area contributed by atoms with Crippen molar-refractivity contribution in [2.45, 2.75) is 18.7 Å². The van der Waals surface area contributed by atoms with Crippen LogP contribution in [0.2, 0.25) is 5.02 Å². The van der Waals surface area contributed by atoms with E-state index in [-0.39, 0.29) is 16.7 Å². The summed E-state index contributed by atoms with van der Waals surface area (Å²) in [6.45, 7) is 0. The van der Waals surface area contributed by atoms with E-state index >= 15 is 0 Å². The van der Waals surface area contributed by atoms with Gasteiger partial charge in [-0.15, -0.1) is 0 Å². The summed E-state index contributed by atoms with van der Waals surface area (Å²) >= 11 is 9.71. The molecule has 5 rings (SSSR count). The van der Waals surface area contributed by atoms with Gasteiger partial charge in [0, 0.05) is 27.5 Å². The summed E-state index contributed by atoms with van der Waals surface area (Å²) in [5.74, 6) is 0.663. The fourth-order valence-corrected chi connectivity index (χ4v) is 4.39. The highest BCUT2D eigenvalue weighted by Crippen LogP contribution is 2.49. The molecular weight excluding hydrogens is 470 g/mol. The third-order valence-corrected chi connectivity index (χ3v) is 6.09. The van der Waals surface area contributed by atoms with Crippen molar-refractivity contribution < 1.29 is 9.66 Å². The number of para-hydroxylation sites is 1. The van der Waals surface area contributed by atoms with E-state index < -0.39 is 6.23 Å². The van der Waals surface area contributed by atoms with Gasteiger partial charge in [0.2, 0.25) is 6.23 Å². The monoisotopic (exact) mass is 483 g/mol. The lowest BCUT2D eigenvalue weighted by Crippen LogP contribution is -2.34. The molecule has 30 heavy (non-hydrogen) atoms. The van der Waals surface area contributed by atoms with Crippen LogP contribution in [0, 0.1) is 10.1 Å². The van der Waals surface area contributed by atoms with Crippen molar-refractivity contribution in [2.75, 3.05) is 0 Å². The largest absolute Gasteiger partial charge is 0.464 e. The number of nitro benzene ring substituents is 1. The van der Waals surface area contributed by atoms with Gasteiger partial charge in [-0.05, 0) is 42.0 Å². The van der Waals surface area contributed by atoms with Crippen LogP contribution in [0.1, 0.15) is 35.4 Å². The fourth-order valence-electron chi connectivity index (χ4n) is 3.94. The van der Waals surface area contributed by atoms with Crippen molar-refractivity contribution in [3.05, 3.63) is 103 Å². The summed E-state index contributed by atoms with van der Waals surface area (Å²) in [5.41, 5.74) is 3.29. The maximum absolute atomic E-state index is 11.6. The van der Waals surface area contributed by atoms with E-state index in [9.17, 15) is 10.1 Å². The summed E-state index contributed by atoms with van der Waals surface area (Å²) in [6.07, 6.45) is -0.0617. The number of hydrogen-bond donors (Lipinski definition) is 0. The van der Waals surface area contributed by atoms with Crippen LogP contribution in [-0.4, -0.2) is 15.6 Å². The van der Waals surface area contributed by atoms with Gasteiger partial charge in [-0.3, -0.25) is 10.1 Å². The van der Waals surface area contributed by atoms with E-state index in [1.54, 1.807) is 24.3 Å². The molecule has 0 saturated carbocycles. The van der Waals surface area contributed by atoms with E-state index in [2.05, 4.69) is 15.9 Å². The number of ether oxygens (including phenoxy) is 1. The van der Waals surface area contributed by atoms with Gasteiger partial charge >= 0.3 is 0 Å². The number of fused-ring (bicyclic) bond motifs is 3. The Bertz CT molecular complexity index is 1180. The SMILES string of the molecule is O=[N+]([O-])c1ccccc1[C@@H]1Oc2ccc(Cl)cc2[C@@H]2CC(c3ccc(Br)cc3)=NN21. The van der Waals surface area contributed by atoms with E-state index in [1.807, 2.05) is 41.4 Å². The minimum Gasteiger partial charge on any atom is -0.464 e. The zero-order valence-corrected chi connectivity index (χ0v) is 17.9. The molecule has 0 radical (unpaired) electrons. The third kappa shape index (κ3) is 3.24. The standard InChI is InChI=1S/C22H15BrClN3O3/c23-14-7-5-13(6-8-14)18-12-20-17-11-15(24)9-10-21(17)30-22(26(20)25-18)16-3-1-2-4-19(16)27(28)29/h1-11,20,22H,12H2/t20-,22-/m0/s1. The molecular formula is C22H15BrClN3O3. The summed E-state index contributed by atoms with van der Waals surface area (Å²) in [7, 11) is 0. The molecule has 0 amide bonds. The number of benzene rings is 3. The lowest BCUT2D eigenvalue weighted by molar-refractivity contribution is -0.386. The zero-order valence-electron chi connectivity index (χ0n) is 15.5. The molecule has 3 aromatic carbocycles. The van der Waals surface area contributed by atoms with Crippen LogP contribution in [0.3, 0.4) is 0 Å². The summed E-state index contributed by atoms with van der Waals surface area (Å²) < 4.78 is 7.22. The average Bonchev–Trinajstić information content (AvgIpc) is 3.19. The minimum absolute atomic E-state index is 0.00551. The number of hydrazone groups is 1. The van der Waals surface area contributed by atoms with Gasteiger partial charge in [0.1, 0.15) is 5.75 Å². The van der Waals surface area contributed by atoms with E-state index in [0.29, 0.717) is 22.8 Å². The Labute approximate surface area is 186 Å². The normalized spacial score (nSPS) is 19.5. The second-order valence-electron chi connectivity index (χ2n) is 7.12. The first-order chi connectivity index (χ1) is 14.5. The number of nitrogens with zero attached hydrogens (tertiary/aromatic N) is 3. The Balaban J connectivity index is 1.64. The highest BCUT2D eigenvalue weighted by molar-refractivity contribution is 9.10. The van der Waals surface area contributed by atoms with Crippen LogP contribution in [0.4, 0.5) is 5.69 Å². The molecule has 2 atom stereocenters. The van der Waals surface area contributed by atoms with Gasteiger partial charge in [0.15, 0.2) is 0 Å². The second kappa shape index (κ2) is 7.41. The zero-order chi connectivity index (χ0) is 20.8. The summed E-state index contributed by atoms with van der Waals surface area (Å²) in [4.78, 5) is 11.2. The van der Waals surface area contributed by atoms with E-state index in [4.69, 9.17) is 21.4 Å². The maximum Gasteiger partial charge on any atom is 0.278 e. The first-order valence-corrected chi connectivity index (χ1v) is 10.5. The molecule has 2 aliphatic rings. The molecule has 0 fully saturated rings. The Hall–Kier alpha value is -2.90. The number of hydrogen-bond acceptors (Lipinski definition) is 5. The van der Waals surface area contributed by atoms with E-state index in [0.717, 1.165) is 21.3 Å². The highest BCUT2D eigenvalue weighted by atomic mass is 79.9. The molecule has 2 aliphatic heterocycles. The smallest absolute Gasteiger partial charge is 0.278 e. The molecule has 0 spiro atoms. The quantitative estimate of drug-likeness (QED) is 0.325. The fraction of sp³-hybridized carbons (Fsp3) is 0.136. The number of rotatable bonds is 3. The van der Waals surface area contributed by atoms with Gasteiger partial charge in [-0.2, -0.15) is 5.10 Å². The molecule has 0 N–H and O–H groups in total. The number of halogens is 2. The average molecular weight is 485 g/mol. The molecule has 150 valence electrons. The molecule has 8 heteroatoms. The van der Waals surface area contributed by atoms with Crippen molar-refractivity contribution in [1.29, 1.82) is 0 Å². The van der Waals surface area contributed by atoms with Gasteiger partial charge in [0.25, 0.3) is 5.69 Å². The van der Waals surface area contributed by atoms with Crippen LogP contribution in [-0.2, 0) is 0 Å². The summed E-state index contributed by atoms with van der Waals surface area (Å²) in [5, 5.41) is 18.9. The van der Waals surface area contributed by atoms with Gasteiger partial charge in [0.05, 0.1) is 22.2 Å². The number of nitro groups is 1. The lowest BCUT2D eigenvalue weighted by atomic mass is 9.95. The minimum atomic E-state index is -0.710. The topological polar surface area (TPSA) is 68.0 Å². The van der Waals surface area contributed by atoms with Crippen molar-refractivity contribution in [1.82, 2.24) is 5.01 Å². The molecule has 0 bridgehead atoms. The molecule has 2 heterocycles. The molecule has 0 aromatic heterocycles. The first kappa shape index (κ1) is 19.1. The van der Waals surface area contributed by atoms with E-state index in [1.165, 1.54) is 6.07 Å². The maximum atomic E-state index is 11.6. The molecule has 0 unspecified atom stereocenters.